The van der Waals surface area contributed by atoms with E-state index < -0.39 is 24.3 Å². The summed E-state index contributed by atoms with van der Waals surface area (Å²) in [6, 6.07) is 6.91. The van der Waals surface area contributed by atoms with Crippen molar-refractivity contribution < 1.29 is 46.1 Å². The number of rotatable bonds is 2. The van der Waals surface area contributed by atoms with E-state index in [1.54, 1.807) is 0 Å². The van der Waals surface area contributed by atoms with E-state index in [0.29, 0.717) is 11.5 Å². The normalized spacial score (nSPS) is 19.6. The molecule has 6 rings (SSSR count). The van der Waals surface area contributed by atoms with Crippen molar-refractivity contribution in [3.63, 3.8) is 0 Å². The molecule has 0 radical (unpaired) electrons. The summed E-state index contributed by atoms with van der Waals surface area (Å²) in [4.78, 5) is 22.7. The lowest BCUT2D eigenvalue weighted by Crippen LogP contribution is -2.71. The number of hydrogen-bond donors (Lipinski definition) is 3. The number of anilines is 1. The highest BCUT2D eigenvalue weighted by Gasteiger charge is 2.49. The van der Waals surface area contributed by atoms with Gasteiger partial charge in [0.2, 0.25) is 5.95 Å². The molecule has 4 heterocycles. The Balaban J connectivity index is 0.000000211. The molecule has 0 atom stereocenters. The van der Waals surface area contributed by atoms with Crippen LogP contribution in [0.25, 0.3) is 5.69 Å². The minimum Gasteiger partial charge on any atom is -0.475 e. The molecule has 1 aromatic carbocycles. The van der Waals surface area contributed by atoms with Crippen molar-refractivity contribution in [2.45, 2.75) is 44.3 Å². The fourth-order valence-electron chi connectivity index (χ4n) is 4.52. The van der Waals surface area contributed by atoms with E-state index in [-0.39, 0.29) is 0 Å². The number of nitrogens with one attached hydrogen (secondary N) is 1. The van der Waals surface area contributed by atoms with Crippen molar-refractivity contribution in [2.24, 2.45) is 5.41 Å². The van der Waals surface area contributed by atoms with Crippen LogP contribution in [-0.4, -0.2) is 86.4 Å². The third-order valence-corrected chi connectivity index (χ3v) is 6.83. The van der Waals surface area contributed by atoms with E-state index in [2.05, 4.69) is 42.0 Å². The van der Waals surface area contributed by atoms with Crippen LogP contribution in [0.15, 0.2) is 18.2 Å². The molecule has 17 heteroatoms. The van der Waals surface area contributed by atoms with E-state index >= 15 is 0 Å². The average molecular weight is 585 g/mol. The molecule has 1 spiro atoms. The molecule has 39 heavy (non-hydrogen) atoms. The number of halogens is 7. The fourth-order valence-corrected chi connectivity index (χ4v) is 4.72. The molecule has 214 valence electrons. The number of benzene rings is 1. The second-order valence-corrected chi connectivity index (χ2v) is 10.2. The van der Waals surface area contributed by atoms with Crippen LogP contribution in [0.2, 0.25) is 5.02 Å². The van der Waals surface area contributed by atoms with E-state index in [9.17, 15) is 26.3 Å². The van der Waals surface area contributed by atoms with Gasteiger partial charge >= 0.3 is 24.3 Å². The topological polar surface area (TPSA) is 124 Å². The molecule has 1 saturated carbocycles. The maximum atomic E-state index is 10.6. The van der Waals surface area contributed by atoms with Gasteiger partial charge in [-0.05, 0) is 36.6 Å². The van der Waals surface area contributed by atoms with Crippen molar-refractivity contribution >= 4 is 29.5 Å². The predicted octanol–water partition coefficient (Wildman–Crippen LogP) is 3.07. The summed E-state index contributed by atoms with van der Waals surface area (Å²) >= 11 is 6.30. The first-order valence-corrected chi connectivity index (χ1v) is 12.0. The molecule has 2 saturated heterocycles. The molecule has 10 nitrogen and oxygen atoms in total. The minimum absolute atomic E-state index is 0.472. The van der Waals surface area contributed by atoms with Crippen LogP contribution >= 0.6 is 11.6 Å². The molecular weight excluding hydrogens is 562 g/mol. The van der Waals surface area contributed by atoms with Crippen LogP contribution in [0.4, 0.5) is 32.3 Å². The molecule has 0 unspecified atom stereocenters. The summed E-state index contributed by atoms with van der Waals surface area (Å²) in [6.45, 7) is 6.22. The number of alkyl halides is 6. The summed E-state index contributed by atoms with van der Waals surface area (Å²) < 4.78 is 65.7. The molecule has 0 amide bonds. The predicted molar refractivity (Wildman–Crippen MR) is 124 cm³/mol. The lowest BCUT2D eigenvalue weighted by atomic mass is 9.75. The van der Waals surface area contributed by atoms with Crippen molar-refractivity contribution in [1.29, 1.82) is 0 Å². The summed E-state index contributed by atoms with van der Waals surface area (Å²) in [5.41, 5.74) is 2.94. The Morgan fingerprint density at radius 2 is 1.54 bits per heavy atom. The first-order chi connectivity index (χ1) is 18.1. The highest BCUT2D eigenvalue weighted by atomic mass is 35.5. The van der Waals surface area contributed by atoms with E-state index in [0.717, 1.165) is 56.1 Å². The lowest BCUT2D eigenvalue weighted by molar-refractivity contribution is -0.193. The number of fused-ring (bicyclic) bond motifs is 3. The first kappa shape index (κ1) is 28.9. The summed E-state index contributed by atoms with van der Waals surface area (Å²) in [5, 5.41) is 27.6. The Morgan fingerprint density at radius 1 is 0.974 bits per heavy atom. The van der Waals surface area contributed by atoms with Gasteiger partial charge in [-0.3, -0.25) is 9.47 Å². The van der Waals surface area contributed by atoms with E-state index in [4.69, 9.17) is 31.4 Å². The first-order valence-electron chi connectivity index (χ1n) is 11.6. The molecule has 2 aromatic rings. The number of aromatic nitrogens is 3. The molecule has 3 N–H and O–H groups in total. The molecular formula is C22H23ClF6N6O4. The van der Waals surface area contributed by atoms with Crippen molar-refractivity contribution in [2.75, 3.05) is 31.1 Å². The average Bonchev–Trinajstić information content (AvgIpc) is 3.55. The Labute approximate surface area is 222 Å². The zero-order chi connectivity index (χ0) is 28.8. The Morgan fingerprint density at radius 3 is 2.00 bits per heavy atom. The van der Waals surface area contributed by atoms with Crippen molar-refractivity contribution in [3.8, 4) is 5.69 Å². The maximum Gasteiger partial charge on any atom is 0.490 e. The molecule has 4 aliphatic rings. The molecule has 1 aromatic heterocycles. The van der Waals surface area contributed by atoms with Gasteiger partial charge in [-0.15, -0.1) is 10.2 Å². The number of aliphatic carboxylic acids is 2. The number of carbonyl (C=O) groups is 2. The number of carboxylic acid groups (broad SMARTS) is 2. The number of nitrogens with zero attached hydrogens (tertiary/aromatic N) is 5. The van der Waals surface area contributed by atoms with E-state index in [1.807, 2.05) is 6.07 Å². The molecule has 1 aliphatic carbocycles. The standard InChI is InChI=1S/C18H21ClN6.2C2HF3O2/c19-13-1-4-15-12(5-13)6-23(14-2-3-14)7-16-21-22-17(25(15)16)24-10-18(11-24)8-20-9-18;2*3-2(4,5)1(6)7/h1,4-5,14,20H,2-3,6-11H2;2*(H,6,7). The summed E-state index contributed by atoms with van der Waals surface area (Å²) in [5.74, 6) is -3.47. The van der Waals surface area contributed by atoms with Gasteiger partial charge in [-0.2, -0.15) is 26.3 Å². The van der Waals surface area contributed by atoms with Crippen LogP contribution in [0.3, 0.4) is 0 Å². The van der Waals surface area contributed by atoms with Gasteiger partial charge in [0.25, 0.3) is 0 Å². The van der Waals surface area contributed by atoms with Gasteiger partial charge in [0.1, 0.15) is 0 Å². The second kappa shape index (κ2) is 10.5. The molecule has 3 aliphatic heterocycles. The second-order valence-electron chi connectivity index (χ2n) is 9.73. The minimum atomic E-state index is -5.08. The Bertz CT molecular complexity index is 1210. The highest BCUT2D eigenvalue weighted by Crippen LogP contribution is 2.40. The van der Waals surface area contributed by atoms with Gasteiger partial charge in [0.15, 0.2) is 5.82 Å². The van der Waals surface area contributed by atoms with Crippen molar-refractivity contribution in [3.05, 3.63) is 34.6 Å². The smallest absolute Gasteiger partial charge is 0.475 e. The highest BCUT2D eigenvalue weighted by molar-refractivity contribution is 6.30. The van der Waals surface area contributed by atoms with Crippen LogP contribution in [0.1, 0.15) is 24.2 Å². The van der Waals surface area contributed by atoms with Crippen LogP contribution < -0.4 is 10.2 Å². The monoisotopic (exact) mass is 584 g/mol. The largest absolute Gasteiger partial charge is 0.490 e. The van der Waals surface area contributed by atoms with Crippen LogP contribution in [0, 0.1) is 5.41 Å². The quantitative estimate of drug-likeness (QED) is 0.457. The van der Waals surface area contributed by atoms with Gasteiger partial charge in [0, 0.05) is 49.2 Å². The third-order valence-electron chi connectivity index (χ3n) is 6.60. The van der Waals surface area contributed by atoms with Gasteiger partial charge in [-0.25, -0.2) is 9.59 Å². The number of hydrogen-bond acceptors (Lipinski definition) is 7. The maximum absolute atomic E-state index is 10.6. The van der Waals surface area contributed by atoms with Gasteiger partial charge in [-0.1, -0.05) is 11.6 Å². The van der Waals surface area contributed by atoms with Crippen molar-refractivity contribution in [1.82, 2.24) is 25.0 Å². The van der Waals surface area contributed by atoms with Gasteiger partial charge < -0.3 is 20.4 Å². The third kappa shape index (κ3) is 6.55. The summed E-state index contributed by atoms with van der Waals surface area (Å²) in [6.07, 6.45) is -7.59. The van der Waals surface area contributed by atoms with Crippen LogP contribution in [0.5, 0.6) is 0 Å². The zero-order valence-electron chi connectivity index (χ0n) is 20.1. The Hall–Kier alpha value is -3.11. The molecule has 3 fully saturated rings. The fraction of sp³-hybridized carbons (Fsp3) is 0.545. The Kier molecular flexibility index (Phi) is 7.75. The summed E-state index contributed by atoms with van der Waals surface area (Å²) in [7, 11) is 0. The number of carboxylic acids is 2. The zero-order valence-corrected chi connectivity index (χ0v) is 20.8. The van der Waals surface area contributed by atoms with Gasteiger partial charge in [0.05, 0.1) is 12.2 Å². The SMILES string of the molecule is Clc1ccc2c(c1)CN(C1CC1)Cc1nnc(N3CC4(CNC4)C3)n1-2.O=C(O)C(F)(F)F.O=C(O)C(F)(F)F. The lowest BCUT2D eigenvalue weighted by Gasteiger charge is -2.56. The van der Waals surface area contributed by atoms with E-state index in [1.165, 1.54) is 24.1 Å². The van der Waals surface area contributed by atoms with Crippen LogP contribution in [-0.2, 0) is 22.7 Å². The molecule has 0 bridgehead atoms.